The number of amides is 1. The largest absolute Gasteiger partial charge is 0.451 e. The first-order chi connectivity index (χ1) is 11.9. The van der Waals surface area contributed by atoms with E-state index in [0.29, 0.717) is 19.0 Å². The molecule has 134 valence electrons. The smallest absolute Gasteiger partial charge is 0.359 e. The van der Waals surface area contributed by atoms with Crippen molar-refractivity contribution in [2.45, 2.75) is 13.8 Å². The molecule has 2 heterocycles. The third-order valence-corrected chi connectivity index (χ3v) is 3.52. The van der Waals surface area contributed by atoms with Crippen molar-refractivity contribution in [3.05, 3.63) is 40.3 Å². The van der Waals surface area contributed by atoms with Crippen LogP contribution in [0.2, 0.25) is 5.02 Å². The van der Waals surface area contributed by atoms with Gasteiger partial charge in [0.15, 0.2) is 18.1 Å². The summed E-state index contributed by atoms with van der Waals surface area (Å²) in [5.41, 5.74) is 1.62. The number of methoxy groups -OCH3 is 1. The third-order valence-electron chi connectivity index (χ3n) is 3.21. The van der Waals surface area contributed by atoms with E-state index in [1.807, 2.05) is 19.9 Å². The van der Waals surface area contributed by atoms with E-state index in [1.54, 1.807) is 10.7 Å². The number of carbonyl (C=O) groups excluding carboxylic acids is 2. The van der Waals surface area contributed by atoms with Gasteiger partial charge in [-0.25, -0.2) is 14.5 Å². The molecular weight excluding hydrogens is 348 g/mol. The second-order valence-electron chi connectivity index (χ2n) is 5.26. The number of halogens is 1. The summed E-state index contributed by atoms with van der Waals surface area (Å²) in [5, 5.41) is 6.99. The molecule has 0 saturated carbocycles. The van der Waals surface area contributed by atoms with Crippen LogP contribution in [-0.2, 0) is 14.3 Å². The first-order valence-electron chi connectivity index (χ1n) is 7.55. The van der Waals surface area contributed by atoms with Crippen LogP contribution in [0.1, 0.15) is 21.9 Å². The highest BCUT2D eigenvalue weighted by Crippen LogP contribution is 2.18. The summed E-state index contributed by atoms with van der Waals surface area (Å²) >= 11 is 6.03. The number of nitrogens with zero attached hydrogens (tertiary/aromatic N) is 3. The molecule has 2 aromatic rings. The van der Waals surface area contributed by atoms with Gasteiger partial charge < -0.3 is 14.8 Å². The maximum Gasteiger partial charge on any atom is 0.359 e. The molecule has 0 spiro atoms. The molecule has 0 saturated heterocycles. The Morgan fingerprint density at radius 2 is 2.08 bits per heavy atom. The molecular formula is C16H19ClN4O4. The number of aryl methyl sites for hydroxylation is 2. The first-order valence-corrected chi connectivity index (χ1v) is 7.93. The van der Waals surface area contributed by atoms with E-state index < -0.39 is 18.5 Å². The van der Waals surface area contributed by atoms with Gasteiger partial charge in [0.25, 0.3) is 5.91 Å². The normalized spacial score (nSPS) is 10.6. The van der Waals surface area contributed by atoms with Crippen molar-refractivity contribution >= 4 is 23.5 Å². The second kappa shape index (κ2) is 8.59. The molecule has 0 aliphatic heterocycles. The molecule has 2 aromatic heterocycles. The summed E-state index contributed by atoms with van der Waals surface area (Å²) in [6.45, 7) is 4.01. The lowest BCUT2D eigenvalue weighted by Gasteiger charge is -2.09. The van der Waals surface area contributed by atoms with Gasteiger partial charge in [0.2, 0.25) is 0 Å². The van der Waals surface area contributed by atoms with E-state index in [-0.39, 0.29) is 10.7 Å². The molecule has 9 heteroatoms. The van der Waals surface area contributed by atoms with E-state index in [4.69, 9.17) is 21.1 Å². The first kappa shape index (κ1) is 18.9. The van der Waals surface area contributed by atoms with Crippen LogP contribution < -0.4 is 5.32 Å². The zero-order valence-electron chi connectivity index (χ0n) is 14.2. The zero-order chi connectivity index (χ0) is 18.4. The predicted octanol–water partition coefficient (Wildman–Crippen LogP) is 1.46. The summed E-state index contributed by atoms with van der Waals surface area (Å²) in [6, 6.07) is 5.07. The molecule has 1 amide bonds. The standard InChI is InChI=1S/C16H19ClN4O4/c1-10-8-11(2)21(20-10)13-5-4-12(17)15(19-13)16(23)25-9-14(22)18-6-7-24-3/h4-5,8H,6-7,9H2,1-3H3,(H,18,22). The fourth-order valence-corrected chi connectivity index (χ4v) is 2.28. The van der Waals surface area contributed by atoms with E-state index >= 15 is 0 Å². The van der Waals surface area contributed by atoms with Gasteiger partial charge in [-0.15, -0.1) is 0 Å². The average molecular weight is 367 g/mol. The summed E-state index contributed by atoms with van der Waals surface area (Å²) < 4.78 is 11.4. The Bertz CT molecular complexity index is 775. The number of nitrogens with one attached hydrogen (secondary N) is 1. The maximum absolute atomic E-state index is 12.2. The third kappa shape index (κ3) is 5.01. The van der Waals surface area contributed by atoms with Crippen LogP contribution >= 0.6 is 11.6 Å². The maximum atomic E-state index is 12.2. The molecule has 0 aliphatic rings. The monoisotopic (exact) mass is 366 g/mol. The van der Waals surface area contributed by atoms with Gasteiger partial charge >= 0.3 is 5.97 Å². The molecule has 0 bridgehead atoms. The van der Waals surface area contributed by atoms with Crippen molar-refractivity contribution in [1.29, 1.82) is 0 Å². The van der Waals surface area contributed by atoms with Crippen molar-refractivity contribution in [2.75, 3.05) is 26.9 Å². The Morgan fingerprint density at radius 3 is 2.72 bits per heavy atom. The molecule has 0 atom stereocenters. The highest BCUT2D eigenvalue weighted by atomic mass is 35.5. The van der Waals surface area contributed by atoms with E-state index in [9.17, 15) is 9.59 Å². The van der Waals surface area contributed by atoms with Crippen LogP contribution in [0.15, 0.2) is 18.2 Å². The molecule has 0 aromatic carbocycles. The van der Waals surface area contributed by atoms with Crippen molar-refractivity contribution in [3.8, 4) is 5.82 Å². The van der Waals surface area contributed by atoms with Crippen molar-refractivity contribution < 1.29 is 19.1 Å². The van der Waals surface area contributed by atoms with Crippen molar-refractivity contribution in [2.24, 2.45) is 0 Å². The van der Waals surface area contributed by atoms with Crippen molar-refractivity contribution in [3.63, 3.8) is 0 Å². The van der Waals surface area contributed by atoms with E-state index in [0.717, 1.165) is 11.4 Å². The molecule has 0 aliphatic carbocycles. The van der Waals surface area contributed by atoms with Crippen LogP contribution in [0.25, 0.3) is 5.82 Å². The highest BCUT2D eigenvalue weighted by molar-refractivity contribution is 6.33. The number of carbonyl (C=O) groups is 2. The quantitative estimate of drug-likeness (QED) is 0.588. The summed E-state index contributed by atoms with van der Waals surface area (Å²) in [5.74, 6) is -0.780. The SMILES string of the molecule is COCCNC(=O)COC(=O)c1nc(-n2nc(C)cc2C)ccc1Cl. The lowest BCUT2D eigenvalue weighted by molar-refractivity contribution is -0.124. The van der Waals surface area contributed by atoms with Crippen LogP contribution in [0.5, 0.6) is 0 Å². The molecule has 0 unspecified atom stereocenters. The molecule has 25 heavy (non-hydrogen) atoms. The number of hydrogen-bond donors (Lipinski definition) is 1. The topological polar surface area (TPSA) is 95.3 Å². The van der Waals surface area contributed by atoms with Crippen molar-refractivity contribution in [1.82, 2.24) is 20.1 Å². The van der Waals surface area contributed by atoms with E-state index in [1.165, 1.54) is 13.2 Å². The lowest BCUT2D eigenvalue weighted by atomic mass is 10.3. The van der Waals surface area contributed by atoms with Gasteiger partial charge in [0.05, 0.1) is 17.3 Å². The fourth-order valence-electron chi connectivity index (χ4n) is 2.10. The van der Waals surface area contributed by atoms with Gasteiger partial charge in [-0.1, -0.05) is 11.6 Å². The van der Waals surface area contributed by atoms with Crippen LogP contribution in [0.4, 0.5) is 0 Å². The minimum absolute atomic E-state index is 0.0728. The Labute approximate surface area is 150 Å². The minimum Gasteiger partial charge on any atom is -0.451 e. The number of ether oxygens (including phenoxy) is 2. The predicted molar refractivity (Wildman–Crippen MR) is 91.0 cm³/mol. The Balaban J connectivity index is 2.08. The number of aromatic nitrogens is 3. The van der Waals surface area contributed by atoms with Gasteiger partial charge in [0, 0.05) is 19.3 Å². The summed E-state index contributed by atoms with van der Waals surface area (Å²) in [4.78, 5) is 27.9. The summed E-state index contributed by atoms with van der Waals surface area (Å²) in [6.07, 6.45) is 0. The number of rotatable bonds is 7. The van der Waals surface area contributed by atoms with Gasteiger partial charge in [-0.2, -0.15) is 5.10 Å². The second-order valence-corrected chi connectivity index (χ2v) is 5.66. The average Bonchev–Trinajstić information content (AvgIpc) is 2.92. The fraction of sp³-hybridized carbons (Fsp3) is 0.375. The molecule has 0 fully saturated rings. The zero-order valence-corrected chi connectivity index (χ0v) is 15.0. The Hall–Kier alpha value is -2.45. The van der Waals surface area contributed by atoms with Crippen LogP contribution in [0, 0.1) is 13.8 Å². The molecule has 8 nitrogen and oxygen atoms in total. The number of pyridine rings is 1. The summed E-state index contributed by atoms with van der Waals surface area (Å²) in [7, 11) is 1.52. The molecule has 2 rings (SSSR count). The van der Waals surface area contributed by atoms with E-state index in [2.05, 4.69) is 15.4 Å². The van der Waals surface area contributed by atoms with Crippen LogP contribution in [0.3, 0.4) is 0 Å². The van der Waals surface area contributed by atoms with Gasteiger partial charge in [-0.3, -0.25) is 4.79 Å². The van der Waals surface area contributed by atoms with Crippen LogP contribution in [-0.4, -0.2) is 53.5 Å². The molecule has 1 N–H and O–H groups in total. The number of esters is 1. The van der Waals surface area contributed by atoms with Gasteiger partial charge in [-0.05, 0) is 32.0 Å². The minimum atomic E-state index is -0.782. The highest BCUT2D eigenvalue weighted by Gasteiger charge is 2.17. The lowest BCUT2D eigenvalue weighted by Crippen LogP contribution is -2.31. The number of hydrogen-bond acceptors (Lipinski definition) is 6. The van der Waals surface area contributed by atoms with Gasteiger partial charge in [0.1, 0.15) is 0 Å². The Kier molecular flexibility index (Phi) is 6.49. The Morgan fingerprint density at radius 1 is 1.32 bits per heavy atom. The molecule has 0 radical (unpaired) electrons.